The highest BCUT2D eigenvalue weighted by molar-refractivity contribution is 5.72. The van der Waals surface area contributed by atoms with Gasteiger partial charge in [0.2, 0.25) is 11.8 Å². The highest BCUT2D eigenvalue weighted by Gasteiger charge is 2.65. The van der Waals surface area contributed by atoms with Crippen molar-refractivity contribution in [3.8, 4) is 11.6 Å². The Morgan fingerprint density at radius 2 is 1.56 bits per heavy atom. The van der Waals surface area contributed by atoms with Gasteiger partial charge in [-0.2, -0.15) is 35.3 Å². The molecule has 0 amide bonds. The molecule has 43 heavy (non-hydrogen) atoms. The van der Waals surface area contributed by atoms with Gasteiger partial charge in [-0.3, -0.25) is 10.2 Å². The van der Waals surface area contributed by atoms with Gasteiger partial charge in [0, 0.05) is 43.2 Å². The van der Waals surface area contributed by atoms with Crippen LogP contribution in [0.5, 0.6) is 0 Å². The summed E-state index contributed by atoms with van der Waals surface area (Å²) in [5.41, 5.74) is -1.17. The van der Waals surface area contributed by atoms with Crippen LogP contribution in [0.4, 0.5) is 23.5 Å². The summed E-state index contributed by atoms with van der Waals surface area (Å²) in [4.78, 5) is 38.0. The van der Waals surface area contributed by atoms with Crippen LogP contribution in [0.15, 0.2) is 92.4 Å². The first-order valence-corrected chi connectivity index (χ1v) is 12.8. The molecule has 0 aliphatic carbocycles. The van der Waals surface area contributed by atoms with E-state index in [9.17, 15) is 0 Å². The SMILES string of the molecule is c1cnc(-c2n[nH]c(C3(c4cccnn4)N(c4ncncn4)N(c4ccc[nH]4)N(c4ccn[nH]4)N3c3ncc[nH]3)n2)nc1. The lowest BCUT2D eigenvalue weighted by Crippen LogP contribution is -2.57. The fourth-order valence-corrected chi connectivity index (χ4v) is 4.90. The Labute approximate surface area is 240 Å². The van der Waals surface area contributed by atoms with Gasteiger partial charge >= 0.3 is 0 Å². The zero-order valence-corrected chi connectivity index (χ0v) is 21.9. The van der Waals surface area contributed by atoms with Crippen LogP contribution in [0.2, 0.25) is 0 Å². The second kappa shape index (κ2) is 9.69. The van der Waals surface area contributed by atoms with Crippen molar-refractivity contribution in [1.82, 2.24) is 75.4 Å². The van der Waals surface area contributed by atoms with Gasteiger partial charge in [0.05, 0.1) is 6.20 Å². The van der Waals surface area contributed by atoms with E-state index in [-0.39, 0.29) is 17.6 Å². The van der Waals surface area contributed by atoms with E-state index in [2.05, 4.69) is 70.5 Å². The minimum absolute atomic E-state index is 0.225. The second-order valence-corrected chi connectivity index (χ2v) is 8.91. The molecule has 1 unspecified atom stereocenters. The maximum atomic E-state index is 4.93. The smallest absolute Gasteiger partial charge is 0.264 e. The molecule has 1 aliphatic heterocycles. The molecule has 19 heteroatoms. The van der Waals surface area contributed by atoms with Crippen molar-refractivity contribution in [3.05, 3.63) is 104 Å². The van der Waals surface area contributed by atoms with Crippen LogP contribution in [-0.4, -0.2) is 75.4 Å². The molecule has 8 rings (SSSR count). The predicted molar refractivity (Wildman–Crippen MR) is 148 cm³/mol. The van der Waals surface area contributed by atoms with Gasteiger partial charge in [-0.05, 0) is 30.3 Å². The number of nitrogens with zero attached hydrogens (tertiary/aromatic N) is 15. The molecule has 1 saturated heterocycles. The standard InChI is InChI=1S/C24H19N19/c1-4-16(36-33-10-1)24(21-35-20(38-39-21)19-27-8-3-9-28-19)40(22-29-12-13-30-22)43(18-6-11-34-37-18)42(17-5-2-7-26-17)41(24)23-31-14-25-15-32-23/h1-15,26H,(H,29,30)(H,34,37)(H,35,38,39). The topological polar surface area (TPSA) is 218 Å². The molecule has 4 N–H and O–H groups in total. The lowest BCUT2D eigenvalue weighted by molar-refractivity contribution is 0.464. The van der Waals surface area contributed by atoms with Gasteiger partial charge in [0.15, 0.2) is 23.3 Å². The average molecular weight is 574 g/mol. The van der Waals surface area contributed by atoms with Crippen LogP contribution in [0.25, 0.3) is 11.6 Å². The molecule has 1 aliphatic rings. The predicted octanol–water partition coefficient (Wildman–Crippen LogP) is 0.997. The summed E-state index contributed by atoms with van der Waals surface area (Å²) in [6.45, 7) is 0. The third-order valence-electron chi connectivity index (χ3n) is 6.53. The number of H-pyrrole nitrogens is 4. The first kappa shape index (κ1) is 24.0. The van der Waals surface area contributed by atoms with Crippen molar-refractivity contribution in [2.45, 2.75) is 5.66 Å². The summed E-state index contributed by atoms with van der Waals surface area (Å²) in [7, 11) is 0. The van der Waals surface area contributed by atoms with Crippen LogP contribution >= 0.6 is 0 Å². The number of hydrogen-bond acceptors (Lipinski definition) is 15. The summed E-state index contributed by atoms with van der Waals surface area (Å²) in [5.74, 6) is 2.63. The van der Waals surface area contributed by atoms with E-state index in [1.165, 1.54) is 12.7 Å². The summed E-state index contributed by atoms with van der Waals surface area (Å²) in [6.07, 6.45) is 14.4. The molecule has 0 saturated carbocycles. The molecule has 7 aromatic heterocycles. The number of imidazole rings is 1. The number of anilines is 4. The van der Waals surface area contributed by atoms with Crippen LogP contribution < -0.4 is 20.3 Å². The molecule has 0 bridgehead atoms. The lowest BCUT2D eigenvalue weighted by atomic mass is 10.0. The fraction of sp³-hybridized carbons (Fsp3) is 0.0417. The molecule has 0 spiro atoms. The highest BCUT2D eigenvalue weighted by Crippen LogP contribution is 2.50. The van der Waals surface area contributed by atoms with E-state index < -0.39 is 5.66 Å². The molecule has 8 heterocycles. The Morgan fingerprint density at radius 3 is 2.28 bits per heavy atom. The van der Waals surface area contributed by atoms with E-state index in [0.29, 0.717) is 29.1 Å². The number of aromatic nitrogens is 15. The maximum Gasteiger partial charge on any atom is 0.264 e. The van der Waals surface area contributed by atoms with E-state index >= 15 is 0 Å². The van der Waals surface area contributed by atoms with Crippen molar-refractivity contribution in [2.75, 3.05) is 20.3 Å². The van der Waals surface area contributed by atoms with E-state index in [4.69, 9.17) is 4.98 Å². The molecule has 0 aromatic carbocycles. The minimum atomic E-state index is -1.58. The van der Waals surface area contributed by atoms with Crippen LogP contribution in [0, 0.1) is 0 Å². The lowest BCUT2D eigenvalue weighted by Gasteiger charge is -2.38. The number of hydrogen-bond donors (Lipinski definition) is 4. The normalized spacial score (nSPS) is 16.7. The van der Waals surface area contributed by atoms with Crippen LogP contribution in [0.1, 0.15) is 11.5 Å². The Morgan fingerprint density at radius 1 is 0.674 bits per heavy atom. The summed E-state index contributed by atoms with van der Waals surface area (Å²) < 4.78 is 0. The van der Waals surface area contributed by atoms with Gasteiger partial charge in [-0.25, -0.2) is 24.9 Å². The maximum absolute atomic E-state index is 4.93. The third kappa shape index (κ3) is 3.65. The Bertz CT molecular complexity index is 1890. The molecule has 19 nitrogen and oxygen atoms in total. The molecule has 7 aromatic rings. The van der Waals surface area contributed by atoms with Gasteiger partial charge in [-0.1, -0.05) is 0 Å². The van der Waals surface area contributed by atoms with E-state index in [1.807, 2.05) is 23.2 Å². The third-order valence-corrected chi connectivity index (χ3v) is 6.53. The number of aromatic amines is 4. The Hall–Kier alpha value is -6.79. The molecular formula is C24H19N19. The quantitative estimate of drug-likeness (QED) is 0.209. The molecule has 1 fully saturated rings. The monoisotopic (exact) mass is 573 g/mol. The van der Waals surface area contributed by atoms with Crippen molar-refractivity contribution in [3.63, 3.8) is 0 Å². The zero-order chi connectivity index (χ0) is 28.6. The number of nitrogens with one attached hydrogen (secondary N) is 4. The highest BCUT2D eigenvalue weighted by atomic mass is 16.1. The number of hydrazine groups is 3. The molecule has 210 valence electrons. The van der Waals surface area contributed by atoms with E-state index in [1.54, 1.807) is 76.8 Å². The summed E-state index contributed by atoms with van der Waals surface area (Å²) in [5, 5.41) is 30.9. The average Bonchev–Trinajstić information content (AvgIpc) is 3.91. The van der Waals surface area contributed by atoms with Gasteiger partial charge in [0.1, 0.15) is 18.3 Å². The van der Waals surface area contributed by atoms with E-state index in [0.717, 1.165) is 0 Å². The van der Waals surface area contributed by atoms with Crippen molar-refractivity contribution in [1.29, 1.82) is 0 Å². The van der Waals surface area contributed by atoms with Gasteiger partial charge < -0.3 is 9.97 Å². The van der Waals surface area contributed by atoms with Crippen LogP contribution in [-0.2, 0) is 5.66 Å². The molecule has 1 atom stereocenters. The molecular weight excluding hydrogens is 554 g/mol. The van der Waals surface area contributed by atoms with Gasteiger partial charge in [-0.15, -0.1) is 15.3 Å². The van der Waals surface area contributed by atoms with Crippen LogP contribution in [0.3, 0.4) is 0 Å². The summed E-state index contributed by atoms with van der Waals surface area (Å²) >= 11 is 0. The number of rotatable bonds is 7. The Balaban J connectivity index is 1.51. The fourth-order valence-electron chi connectivity index (χ4n) is 4.90. The first-order chi connectivity index (χ1) is 21.4. The first-order valence-electron chi connectivity index (χ1n) is 12.8. The van der Waals surface area contributed by atoms with Crippen molar-refractivity contribution in [2.24, 2.45) is 0 Å². The van der Waals surface area contributed by atoms with Crippen molar-refractivity contribution < 1.29 is 0 Å². The van der Waals surface area contributed by atoms with Crippen molar-refractivity contribution >= 4 is 23.5 Å². The largest absolute Gasteiger partial charge is 0.345 e. The Kier molecular flexibility index (Phi) is 5.42. The minimum Gasteiger partial charge on any atom is -0.345 e. The summed E-state index contributed by atoms with van der Waals surface area (Å²) in [6, 6.07) is 10.8. The zero-order valence-electron chi connectivity index (χ0n) is 21.9. The second-order valence-electron chi connectivity index (χ2n) is 8.91. The molecule has 0 radical (unpaired) electrons. The van der Waals surface area contributed by atoms with Gasteiger partial charge in [0.25, 0.3) is 11.6 Å².